The highest BCUT2D eigenvalue weighted by Gasteiger charge is 2.20. The number of imide groups is 1. The molecule has 0 bridgehead atoms. The minimum absolute atomic E-state index is 0.190. The van der Waals surface area contributed by atoms with Crippen LogP contribution in [0.25, 0.3) is 0 Å². The van der Waals surface area contributed by atoms with Crippen molar-refractivity contribution in [1.82, 2.24) is 10.3 Å². The van der Waals surface area contributed by atoms with Crippen LogP contribution in [0.4, 0.5) is 5.69 Å². The van der Waals surface area contributed by atoms with Crippen molar-refractivity contribution in [3.8, 4) is 0 Å². The first kappa shape index (κ1) is 10.8. The number of pyridine rings is 1. The maximum absolute atomic E-state index is 11.3. The van der Waals surface area contributed by atoms with Gasteiger partial charge >= 0.3 is 0 Å². The first-order valence-electron chi connectivity index (χ1n) is 3.92. The highest BCUT2D eigenvalue weighted by Crippen LogP contribution is 2.15. The molecule has 0 aromatic carbocycles. The molecule has 1 rings (SSSR count). The molecule has 0 saturated carbocycles. The van der Waals surface area contributed by atoms with Gasteiger partial charge in [0, 0.05) is 13.1 Å². The third kappa shape index (κ3) is 2.56. The van der Waals surface area contributed by atoms with Crippen LogP contribution >= 0.6 is 0 Å². The number of aromatic nitrogens is 1. The molecule has 1 N–H and O–H groups in total. The van der Waals surface area contributed by atoms with Crippen LogP contribution in [0.1, 0.15) is 17.3 Å². The molecular weight excluding hydrogens is 202 g/mol. The Hall–Kier alpha value is -2.31. The first-order valence-corrected chi connectivity index (χ1v) is 3.92. The topological polar surface area (TPSA) is 102 Å². The molecule has 0 radical (unpaired) electrons. The summed E-state index contributed by atoms with van der Waals surface area (Å²) in [4.78, 5) is 35.2. The summed E-state index contributed by atoms with van der Waals surface area (Å²) in [6.07, 6.45) is 2.19. The summed E-state index contributed by atoms with van der Waals surface area (Å²) in [5, 5.41) is 12.5. The van der Waals surface area contributed by atoms with Crippen LogP contribution in [-0.4, -0.2) is 21.7 Å². The van der Waals surface area contributed by atoms with Gasteiger partial charge in [0.05, 0.1) is 4.92 Å². The van der Waals surface area contributed by atoms with Gasteiger partial charge in [0.15, 0.2) is 0 Å². The average Bonchev–Trinajstić information content (AvgIpc) is 2.16. The molecule has 0 atom stereocenters. The minimum atomic E-state index is -0.809. The van der Waals surface area contributed by atoms with Gasteiger partial charge < -0.3 is 0 Å². The van der Waals surface area contributed by atoms with Crippen molar-refractivity contribution in [3.63, 3.8) is 0 Å². The molecule has 7 heteroatoms. The molecule has 0 fully saturated rings. The molecular formula is C8H7N3O4. The van der Waals surface area contributed by atoms with Gasteiger partial charge in [-0.1, -0.05) is 0 Å². The lowest BCUT2D eigenvalue weighted by molar-refractivity contribution is -0.385. The van der Waals surface area contributed by atoms with Gasteiger partial charge in [-0.25, -0.2) is 0 Å². The number of amides is 2. The second kappa shape index (κ2) is 4.27. The van der Waals surface area contributed by atoms with Crippen LogP contribution in [0.2, 0.25) is 0 Å². The van der Waals surface area contributed by atoms with E-state index in [1.807, 2.05) is 5.32 Å². The summed E-state index contributed by atoms with van der Waals surface area (Å²) in [6, 6.07) is 1.18. The van der Waals surface area contributed by atoms with Crippen molar-refractivity contribution in [2.24, 2.45) is 0 Å². The van der Waals surface area contributed by atoms with E-state index in [1.165, 1.54) is 12.3 Å². The number of rotatable bonds is 2. The zero-order valence-corrected chi connectivity index (χ0v) is 7.76. The van der Waals surface area contributed by atoms with Crippen LogP contribution in [0.15, 0.2) is 18.5 Å². The maximum atomic E-state index is 11.3. The van der Waals surface area contributed by atoms with Crippen LogP contribution in [-0.2, 0) is 4.79 Å². The van der Waals surface area contributed by atoms with Gasteiger partial charge in [0.1, 0.15) is 11.8 Å². The summed E-state index contributed by atoms with van der Waals surface area (Å²) in [5.41, 5.74) is -0.624. The summed E-state index contributed by atoms with van der Waals surface area (Å²) < 4.78 is 0. The van der Waals surface area contributed by atoms with Crippen molar-refractivity contribution >= 4 is 17.5 Å². The van der Waals surface area contributed by atoms with Gasteiger partial charge in [-0.05, 0) is 6.07 Å². The number of carbonyl (C=O) groups is 2. The molecule has 0 unspecified atom stereocenters. The lowest BCUT2D eigenvalue weighted by atomic mass is 10.2. The number of hydrogen-bond acceptors (Lipinski definition) is 5. The SMILES string of the molecule is CC(=O)NC(=O)c1ccncc1[N+](=O)[O-]. The van der Waals surface area contributed by atoms with E-state index < -0.39 is 22.4 Å². The van der Waals surface area contributed by atoms with E-state index in [2.05, 4.69) is 4.98 Å². The van der Waals surface area contributed by atoms with Gasteiger partial charge in [-0.3, -0.25) is 30.0 Å². The fourth-order valence-corrected chi connectivity index (χ4v) is 0.951. The molecule has 78 valence electrons. The lowest BCUT2D eigenvalue weighted by Gasteiger charge is -2.00. The standard InChI is InChI=1S/C8H7N3O4/c1-5(12)10-8(13)6-2-3-9-4-7(6)11(14)15/h2-4H,1H3,(H,10,12,13). The summed E-state index contributed by atoms with van der Waals surface area (Å²) in [6.45, 7) is 1.14. The molecule has 7 nitrogen and oxygen atoms in total. The number of nitro groups is 1. The monoisotopic (exact) mass is 209 g/mol. The molecule has 0 saturated heterocycles. The van der Waals surface area contributed by atoms with Gasteiger partial charge in [-0.15, -0.1) is 0 Å². The number of nitrogens with zero attached hydrogens (tertiary/aromatic N) is 2. The molecule has 15 heavy (non-hydrogen) atoms. The fraction of sp³-hybridized carbons (Fsp3) is 0.125. The van der Waals surface area contributed by atoms with Crippen molar-refractivity contribution in [2.75, 3.05) is 0 Å². The van der Waals surface area contributed by atoms with Crippen molar-refractivity contribution < 1.29 is 14.5 Å². The average molecular weight is 209 g/mol. The Morgan fingerprint density at radius 2 is 2.20 bits per heavy atom. The van der Waals surface area contributed by atoms with Crippen LogP contribution in [0.3, 0.4) is 0 Å². The molecule has 1 heterocycles. The van der Waals surface area contributed by atoms with Crippen LogP contribution < -0.4 is 5.32 Å². The van der Waals surface area contributed by atoms with Crippen molar-refractivity contribution in [3.05, 3.63) is 34.1 Å². The normalized spacial score (nSPS) is 9.40. The highest BCUT2D eigenvalue weighted by molar-refractivity contribution is 6.06. The Morgan fingerprint density at radius 3 is 2.73 bits per heavy atom. The fourth-order valence-electron chi connectivity index (χ4n) is 0.951. The van der Waals surface area contributed by atoms with E-state index in [-0.39, 0.29) is 5.56 Å². The number of nitrogens with one attached hydrogen (secondary N) is 1. The van der Waals surface area contributed by atoms with E-state index in [0.717, 1.165) is 13.1 Å². The highest BCUT2D eigenvalue weighted by atomic mass is 16.6. The Bertz CT molecular complexity index is 430. The zero-order valence-electron chi connectivity index (χ0n) is 7.76. The smallest absolute Gasteiger partial charge is 0.292 e. The molecule has 2 amide bonds. The summed E-state index contributed by atoms with van der Waals surface area (Å²) in [7, 11) is 0. The molecule has 0 spiro atoms. The van der Waals surface area contributed by atoms with Crippen LogP contribution in [0, 0.1) is 10.1 Å². The number of carbonyl (C=O) groups excluding carboxylic acids is 2. The Morgan fingerprint density at radius 1 is 1.53 bits per heavy atom. The summed E-state index contributed by atoms with van der Waals surface area (Å²) >= 11 is 0. The minimum Gasteiger partial charge on any atom is -0.292 e. The molecule has 0 aliphatic carbocycles. The quantitative estimate of drug-likeness (QED) is 0.556. The van der Waals surface area contributed by atoms with Gasteiger partial charge in [0.25, 0.3) is 11.6 Å². The molecule has 1 aromatic rings. The Balaban J connectivity index is 3.08. The third-order valence-corrected chi connectivity index (χ3v) is 1.53. The van der Waals surface area contributed by atoms with Crippen LogP contribution in [0.5, 0.6) is 0 Å². The van der Waals surface area contributed by atoms with Gasteiger partial charge in [0.2, 0.25) is 5.91 Å². The molecule has 0 aliphatic rings. The predicted molar refractivity (Wildman–Crippen MR) is 49.0 cm³/mol. The van der Waals surface area contributed by atoms with Crippen molar-refractivity contribution in [2.45, 2.75) is 6.92 Å². The largest absolute Gasteiger partial charge is 0.300 e. The molecule has 1 aromatic heterocycles. The van der Waals surface area contributed by atoms with E-state index in [1.54, 1.807) is 0 Å². The van der Waals surface area contributed by atoms with Crippen molar-refractivity contribution in [1.29, 1.82) is 0 Å². The second-order valence-electron chi connectivity index (χ2n) is 2.66. The Kier molecular flexibility index (Phi) is 3.06. The predicted octanol–water partition coefficient (Wildman–Crippen LogP) is 0.266. The zero-order chi connectivity index (χ0) is 11.4. The lowest BCUT2D eigenvalue weighted by Crippen LogP contribution is -2.28. The third-order valence-electron chi connectivity index (χ3n) is 1.53. The van der Waals surface area contributed by atoms with Gasteiger partial charge in [-0.2, -0.15) is 0 Å². The number of hydrogen-bond donors (Lipinski definition) is 1. The maximum Gasteiger partial charge on any atom is 0.300 e. The summed E-state index contributed by atoms with van der Waals surface area (Å²) in [5.74, 6) is -1.39. The first-order chi connectivity index (χ1) is 7.02. The van der Waals surface area contributed by atoms with E-state index in [9.17, 15) is 19.7 Å². The van der Waals surface area contributed by atoms with E-state index in [0.29, 0.717) is 0 Å². The van der Waals surface area contributed by atoms with E-state index >= 15 is 0 Å². The molecule has 0 aliphatic heterocycles. The Labute approximate surface area is 84.3 Å². The second-order valence-corrected chi connectivity index (χ2v) is 2.66. The van der Waals surface area contributed by atoms with E-state index in [4.69, 9.17) is 0 Å².